The van der Waals surface area contributed by atoms with Crippen LogP contribution < -0.4 is 10.2 Å². The number of aliphatic hydroxyl groups is 1. The molecule has 7 heteroatoms. The maximum absolute atomic E-state index is 11.9. The van der Waals surface area contributed by atoms with Crippen molar-refractivity contribution in [2.24, 2.45) is 5.92 Å². The molecule has 0 bridgehead atoms. The lowest BCUT2D eigenvalue weighted by Crippen LogP contribution is -2.41. The molecule has 2 aliphatic rings. The maximum Gasteiger partial charge on any atom is 0.162 e. The van der Waals surface area contributed by atoms with Gasteiger partial charge in [0.15, 0.2) is 11.4 Å². The zero-order valence-corrected chi connectivity index (χ0v) is 19.3. The highest BCUT2D eigenvalue weighted by atomic mass is 16.3. The van der Waals surface area contributed by atoms with Gasteiger partial charge in [0.2, 0.25) is 0 Å². The summed E-state index contributed by atoms with van der Waals surface area (Å²) in [6, 6.07) is 2.77. The summed E-state index contributed by atoms with van der Waals surface area (Å²) >= 11 is 0. The average molecular weight is 440 g/mol. The lowest BCUT2D eigenvalue weighted by atomic mass is 9.83. The van der Waals surface area contributed by atoms with Gasteiger partial charge in [-0.05, 0) is 63.4 Å². The molecule has 7 nitrogen and oxygen atoms in total. The Hall–Kier alpha value is -2.41. The Bertz CT molecular complexity index is 938. The Morgan fingerprint density at radius 3 is 2.97 bits per heavy atom. The van der Waals surface area contributed by atoms with Gasteiger partial charge in [0.1, 0.15) is 11.6 Å². The normalized spacial score (nSPS) is 23.9. The lowest BCUT2D eigenvalue weighted by molar-refractivity contribution is -0.115. The molecule has 4 rings (SSSR count). The molecular formula is C25H37N5O2. The number of nitrogens with zero attached hydrogens (tertiary/aromatic N) is 4. The Balaban J connectivity index is 1.62. The monoisotopic (exact) mass is 439 g/mol. The molecule has 3 heterocycles. The highest BCUT2D eigenvalue weighted by Gasteiger charge is 2.27. The van der Waals surface area contributed by atoms with Crippen molar-refractivity contribution in [2.75, 3.05) is 23.4 Å². The van der Waals surface area contributed by atoms with Crippen LogP contribution in [-0.2, 0) is 11.2 Å². The first-order valence-electron chi connectivity index (χ1n) is 12.3. The summed E-state index contributed by atoms with van der Waals surface area (Å²) in [5.41, 5.74) is 2.05. The Morgan fingerprint density at radius 1 is 1.31 bits per heavy atom. The maximum atomic E-state index is 11.9. The van der Waals surface area contributed by atoms with Gasteiger partial charge in [-0.2, -0.15) is 9.61 Å². The van der Waals surface area contributed by atoms with Gasteiger partial charge in [0, 0.05) is 43.3 Å². The summed E-state index contributed by atoms with van der Waals surface area (Å²) in [4.78, 5) is 19.3. The third-order valence-electron chi connectivity index (χ3n) is 7.15. The molecule has 0 amide bonds. The van der Waals surface area contributed by atoms with E-state index in [1.54, 1.807) is 0 Å². The first kappa shape index (κ1) is 22.8. The molecule has 2 fully saturated rings. The predicted molar refractivity (Wildman–Crippen MR) is 128 cm³/mol. The first-order chi connectivity index (χ1) is 15.6. The van der Waals surface area contributed by atoms with Gasteiger partial charge in [-0.15, -0.1) is 0 Å². The number of anilines is 2. The van der Waals surface area contributed by atoms with E-state index in [0.29, 0.717) is 24.4 Å². The van der Waals surface area contributed by atoms with Gasteiger partial charge in [0.25, 0.3) is 0 Å². The third kappa shape index (κ3) is 4.98. The number of carbonyl (C=O) groups is 1. The van der Waals surface area contributed by atoms with Gasteiger partial charge in [-0.25, -0.2) is 4.98 Å². The zero-order valence-electron chi connectivity index (χ0n) is 19.3. The average Bonchev–Trinajstić information content (AvgIpc) is 3.23. The summed E-state index contributed by atoms with van der Waals surface area (Å²) < 4.78 is 1.94. The van der Waals surface area contributed by atoms with Gasteiger partial charge in [-0.3, -0.25) is 4.79 Å². The van der Waals surface area contributed by atoms with Crippen molar-refractivity contribution in [3.63, 3.8) is 0 Å². The quantitative estimate of drug-likeness (QED) is 0.571. The van der Waals surface area contributed by atoms with E-state index in [9.17, 15) is 9.90 Å². The van der Waals surface area contributed by atoms with E-state index in [2.05, 4.69) is 34.9 Å². The van der Waals surface area contributed by atoms with E-state index in [1.165, 1.54) is 12.5 Å². The van der Waals surface area contributed by atoms with E-state index in [1.807, 2.05) is 10.7 Å². The standard InChI is InChI=1S/C25H37N5O2/c1-3-19-17-26-30-24(27-20-9-7-8-18(14-20)15-22(32)4-2)16-23(28-25(19)30)29-12-6-5-10-21(29)11-13-31/h4,16-18,20-21,27,31H,2-3,5-15H2,1H3/t18?,20?,21-/m0/s1. The van der Waals surface area contributed by atoms with Crippen LogP contribution in [0.15, 0.2) is 24.9 Å². The van der Waals surface area contributed by atoms with Gasteiger partial charge >= 0.3 is 0 Å². The number of aliphatic hydroxyl groups excluding tert-OH is 1. The molecule has 1 aliphatic heterocycles. The van der Waals surface area contributed by atoms with Crippen LogP contribution in [0.3, 0.4) is 0 Å². The highest BCUT2D eigenvalue weighted by Crippen LogP contribution is 2.32. The molecule has 0 aromatic carbocycles. The van der Waals surface area contributed by atoms with Crippen molar-refractivity contribution in [2.45, 2.75) is 83.2 Å². The van der Waals surface area contributed by atoms with Crippen LogP contribution in [0.25, 0.3) is 5.65 Å². The summed E-state index contributed by atoms with van der Waals surface area (Å²) in [5.74, 6) is 2.49. The molecule has 32 heavy (non-hydrogen) atoms. The molecule has 2 unspecified atom stereocenters. The number of hydrogen-bond donors (Lipinski definition) is 2. The number of hydrogen-bond acceptors (Lipinski definition) is 6. The van der Waals surface area contributed by atoms with Crippen molar-refractivity contribution >= 4 is 23.1 Å². The molecule has 2 N–H and O–H groups in total. The smallest absolute Gasteiger partial charge is 0.162 e. The van der Waals surface area contributed by atoms with Crippen LogP contribution in [0, 0.1) is 5.92 Å². The van der Waals surface area contributed by atoms with Gasteiger partial charge < -0.3 is 15.3 Å². The number of nitrogens with one attached hydrogen (secondary N) is 1. The highest BCUT2D eigenvalue weighted by molar-refractivity contribution is 5.89. The van der Waals surface area contributed by atoms with E-state index in [0.717, 1.165) is 80.8 Å². The number of fused-ring (bicyclic) bond motifs is 1. The van der Waals surface area contributed by atoms with Crippen LogP contribution in [0.1, 0.15) is 70.3 Å². The molecular weight excluding hydrogens is 402 g/mol. The predicted octanol–water partition coefficient (Wildman–Crippen LogP) is 4.15. The Kier molecular flexibility index (Phi) is 7.45. The number of allylic oxidation sites excluding steroid dienone is 1. The molecule has 0 radical (unpaired) electrons. The van der Waals surface area contributed by atoms with Crippen molar-refractivity contribution in [3.05, 3.63) is 30.5 Å². The fraction of sp³-hybridized carbons (Fsp3) is 0.640. The number of piperidine rings is 1. The molecule has 1 aliphatic carbocycles. The molecule has 3 atom stereocenters. The summed E-state index contributed by atoms with van der Waals surface area (Å²) in [7, 11) is 0. The topological polar surface area (TPSA) is 82.8 Å². The molecule has 2 aromatic rings. The van der Waals surface area contributed by atoms with E-state index in [4.69, 9.17) is 4.98 Å². The number of carbonyl (C=O) groups excluding carboxylic acids is 1. The van der Waals surface area contributed by atoms with Crippen molar-refractivity contribution in [3.8, 4) is 0 Å². The van der Waals surface area contributed by atoms with Crippen LogP contribution in [0.2, 0.25) is 0 Å². The fourth-order valence-corrected chi connectivity index (χ4v) is 5.43. The van der Waals surface area contributed by atoms with Crippen molar-refractivity contribution in [1.82, 2.24) is 14.6 Å². The second-order valence-corrected chi connectivity index (χ2v) is 9.36. The fourth-order valence-electron chi connectivity index (χ4n) is 5.43. The van der Waals surface area contributed by atoms with Crippen molar-refractivity contribution in [1.29, 1.82) is 0 Å². The largest absolute Gasteiger partial charge is 0.396 e. The Labute approximate surface area is 190 Å². The summed E-state index contributed by atoms with van der Waals surface area (Å²) in [6.45, 7) is 6.93. The SMILES string of the molecule is C=CC(=O)CC1CCCC(Nc2cc(N3CCCC[C@H]3CCO)nc3c(CC)cnn23)C1. The molecule has 174 valence electrons. The van der Waals surface area contributed by atoms with Crippen LogP contribution in [0.5, 0.6) is 0 Å². The zero-order chi connectivity index (χ0) is 22.5. The number of aryl methyl sites for hydroxylation is 1. The molecule has 2 aromatic heterocycles. The molecule has 1 saturated heterocycles. The minimum absolute atomic E-state index is 0.143. The van der Waals surface area contributed by atoms with E-state index >= 15 is 0 Å². The molecule has 1 saturated carbocycles. The number of rotatable bonds is 9. The van der Waals surface area contributed by atoms with Crippen LogP contribution in [-0.4, -0.2) is 50.7 Å². The number of ketones is 1. The minimum Gasteiger partial charge on any atom is -0.396 e. The Morgan fingerprint density at radius 2 is 2.19 bits per heavy atom. The van der Waals surface area contributed by atoms with Gasteiger partial charge in [0.05, 0.1) is 6.20 Å². The van der Waals surface area contributed by atoms with E-state index < -0.39 is 0 Å². The van der Waals surface area contributed by atoms with Crippen LogP contribution >= 0.6 is 0 Å². The second kappa shape index (κ2) is 10.5. The summed E-state index contributed by atoms with van der Waals surface area (Å²) in [6.07, 6.45) is 13.4. The van der Waals surface area contributed by atoms with Crippen LogP contribution in [0.4, 0.5) is 11.6 Å². The second-order valence-electron chi connectivity index (χ2n) is 9.36. The third-order valence-corrected chi connectivity index (χ3v) is 7.15. The number of aromatic nitrogens is 3. The van der Waals surface area contributed by atoms with Gasteiger partial charge in [-0.1, -0.05) is 19.9 Å². The van der Waals surface area contributed by atoms with Crippen molar-refractivity contribution < 1.29 is 9.90 Å². The first-order valence-corrected chi connectivity index (χ1v) is 12.3. The molecule has 0 spiro atoms. The van der Waals surface area contributed by atoms with E-state index in [-0.39, 0.29) is 12.4 Å². The lowest BCUT2D eigenvalue weighted by Gasteiger charge is -2.37. The minimum atomic E-state index is 0.143. The summed E-state index contributed by atoms with van der Waals surface area (Å²) in [5, 5.41) is 18.0.